The molecule has 0 aliphatic carbocycles. The van der Waals surface area contributed by atoms with Gasteiger partial charge in [0, 0.05) is 69.7 Å². The number of morpholine rings is 1. The molecule has 3 aliphatic heterocycles. The fourth-order valence-electron chi connectivity index (χ4n) is 4.06. The van der Waals surface area contributed by atoms with Gasteiger partial charge >= 0.3 is 0 Å². The number of hydrogen-bond acceptors (Lipinski definition) is 6. The van der Waals surface area contributed by atoms with Crippen LogP contribution in [-0.4, -0.2) is 77.7 Å². The zero-order valence-electron chi connectivity index (χ0n) is 14.8. The van der Waals surface area contributed by atoms with Crippen LogP contribution in [0.5, 0.6) is 0 Å². The van der Waals surface area contributed by atoms with Crippen molar-refractivity contribution in [3.05, 3.63) is 18.0 Å². The van der Waals surface area contributed by atoms with E-state index in [1.54, 1.807) is 0 Å². The lowest BCUT2D eigenvalue weighted by Crippen LogP contribution is -2.45. The number of piperidine rings is 1. The van der Waals surface area contributed by atoms with Crippen molar-refractivity contribution in [2.75, 3.05) is 50.8 Å². The first kappa shape index (κ1) is 16.7. The van der Waals surface area contributed by atoms with Crippen LogP contribution in [0.4, 0.5) is 5.95 Å². The van der Waals surface area contributed by atoms with Crippen LogP contribution in [0.1, 0.15) is 31.2 Å². The zero-order valence-corrected chi connectivity index (χ0v) is 14.8. The Bertz CT molecular complexity index is 580. The quantitative estimate of drug-likeness (QED) is 0.808. The van der Waals surface area contributed by atoms with E-state index in [9.17, 15) is 4.79 Å². The maximum absolute atomic E-state index is 11.9. The van der Waals surface area contributed by atoms with Gasteiger partial charge in [-0.3, -0.25) is 9.69 Å². The molecular weight excluding hydrogens is 318 g/mol. The number of anilines is 1. The highest BCUT2D eigenvalue weighted by Crippen LogP contribution is 2.23. The van der Waals surface area contributed by atoms with Crippen molar-refractivity contribution in [1.82, 2.24) is 19.8 Å². The van der Waals surface area contributed by atoms with Gasteiger partial charge < -0.3 is 14.5 Å². The minimum Gasteiger partial charge on any atom is -0.378 e. The standard InChI is InChI=1S/C18H27N5O2/c24-17-2-1-5-23(17)16-3-6-21(7-4-16)14-15-12-19-18(20-13-15)22-8-10-25-11-9-22/h12-13,16H,1-11,14H2. The molecule has 0 saturated carbocycles. The summed E-state index contributed by atoms with van der Waals surface area (Å²) in [6, 6.07) is 0.450. The van der Waals surface area contributed by atoms with Gasteiger partial charge in [0.25, 0.3) is 0 Å². The number of nitrogens with zero attached hydrogens (tertiary/aromatic N) is 5. The summed E-state index contributed by atoms with van der Waals surface area (Å²) in [5, 5.41) is 0. The van der Waals surface area contributed by atoms with Gasteiger partial charge in [0.05, 0.1) is 13.2 Å². The number of hydrogen-bond donors (Lipinski definition) is 0. The van der Waals surface area contributed by atoms with E-state index in [4.69, 9.17) is 4.74 Å². The van der Waals surface area contributed by atoms with Crippen LogP contribution in [0.25, 0.3) is 0 Å². The number of carbonyl (C=O) groups is 1. The summed E-state index contributed by atoms with van der Waals surface area (Å²) in [5.74, 6) is 1.16. The van der Waals surface area contributed by atoms with Crippen molar-refractivity contribution in [1.29, 1.82) is 0 Å². The third-order valence-corrected chi connectivity index (χ3v) is 5.50. The van der Waals surface area contributed by atoms with Gasteiger partial charge in [0.1, 0.15) is 0 Å². The van der Waals surface area contributed by atoms with E-state index in [0.29, 0.717) is 11.9 Å². The lowest BCUT2D eigenvalue weighted by molar-refractivity contribution is -0.130. The summed E-state index contributed by atoms with van der Waals surface area (Å²) in [5.41, 5.74) is 1.16. The summed E-state index contributed by atoms with van der Waals surface area (Å²) in [7, 11) is 0. The Morgan fingerprint density at radius 3 is 2.40 bits per heavy atom. The Kier molecular flexibility index (Phi) is 5.12. The molecule has 0 N–H and O–H groups in total. The van der Waals surface area contributed by atoms with E-state index in [1.807, 2.05) is 12.4 Å². The van der Waals surface area contributed by atoms with E-state index in [-0.39, 0.29) is 0 Å². The van der Waals surface area contributed by atoms with E-state index in [1.165, 1.54) is 0 Å². The van der Waals surface area contributed by atoms with Gasteiger partial charge in [-0.25, -0.2) is 9.97 Å². The summed E-state index contributed by atoms with van der Waals surface area (Å²) in [4.78, 5) is 27.7. The van der Waals surface area contributed by atoms with Crippen LogP contribution in [0, 0.1) is 0 Å². The normalized spacial score (nSPS) is 23.4. The van der Waals surface area contributed by atoms with Crippen molar-refractivity contribution in [2.45, 2.75) is 38.3 Å². The molecule has 4 rings (SSSR count). The molecule has 0 radical (unpaired) electrons. The Balaban J connectivity index is 1.27. The van der Waals surface area contributed by atoms with E-state index in [0.717, 1.165) is 89.7 Å². The summed E-state index contributed by atoms with van der Waals surface area (Å²) >= 11 is 0. The molecule has 0 aromatic carbocycles. The summed E-state index contributed by atoms with van der Waals surface area (Å²) < 4.78 is 5.37. The fraction of sp³-hybridized carbons (Fsp3) is 0.722. The maximum Gasteiger partial charge on any atom is 0.225 e. The second-order valence-corrected chi connectivity index (χ2v) is 7.19. The van der Waals surface area contributed by atoms with Gasteiger partial charge in [-0.15, -0.1) is 0 Å². The average molecular weight is 345 g/mol. The maximum atomic E-state index is 11.9. The molecule has 3 saturated heterocycles. The minimum absolute atomic E-state index is 0.352. The first-order valence-electron chi connectivity index (χ1n) is 9.45. The topological polar surface area (TPSA) is 61.8 Å². The Morgan fingerprint density at radius 1 is 1.04 bits per heavy atom. The molecule has 7 nitrogen and oxygen atoms in total. The smallest absolute Gasteiger partial charge is 0.225 e. The van der Waals surface area contributed by atoms with Gasteiger partial charge in [-0.1, -0.05) is 0 Å². The number of amides is 1. The number of rotatable bonds is 4. The average Bonchev–Trinajstić information content (AvgIpc) is 3.10. The third-order valence-electron chi connectivity index (χ3n) is 5.50. The number of ether oxygens (including phenoxy) is 1. The van der Waals surface area contributed by atoms with Gasteiger partial charge in [0.15, 0.2) is 0 Å². The van der Waals surface area contributed by atoms with Crippen molar-refractivity contribution < 1.29 is 9.53 Å². The van der Waals surface area contributed by atoms with Crippen LogP contribution in [0.15, 0.2) is 12.4 Å². The molecule has 1 aromatic rings. The zero-order chi connectivity index (χ0) is 17.1. The van der Waals surface area contributed by atoms with Gasteiger partial charge in [-0.05, 0) is 19.3 Å². The van der Waals surface area contributed by atoms with E-state index in [2.05, 4.69) is 24.7 Å². The van der Waals surface area contributed by atoms with Crippen molar-refractivity contribution >= 4 is 11.9 Å². The Morgan fingerprint density at radius 2 is 1.76 bits per heavy atom. The van der Waals surface area contributed by atoms with E-state index >= 15 is 0 Å². The molecule has 0 spiro atoms. The Labute approximate surface area is 149 Å². The predicted octanol–water partition coefficient (Wildman–Crippen LogP) is 0.900. The summed E-state index contributed by atoms with van der Waals surface area (Å²) in [6.07, 6.45) is 7.84. The first-order chi connectivity index (χ1) is 12.3. The lowest BCUT2D eigenvalue weighted by atomic mass is 10.0. The Hall–Kier alpha value is -1.73. The monoisotopic (exact) mass is 345 g/mol. The van der Waals surface area contributed by atoms with Crippen LogP contribution >= 0.6 is 0 Å². The highest BCUT2D eigenvalue weighted by molar-refractivity contribution is 5.78. The van der Waals surface area contributed by atoms with Crippen LogP contribution in [-0.2, 0) is 16.1 Å². The molecule has 4 heterocycles. The SMILES string of the molecule is O=C1CCCN1C1CCN(Cc2cnc(N3CCOCC3)nc2)CC1. The molecule has 3 fully saturated rings. The fourth-order valence-corrected chi connectivity index (χ4v) is 4.06. The minimum atomic E-state index is 0.352. The molecule has 0 bridgehead atoms. The number of likely N-dealkylation sites (tertiary alicyclic amines) is 2. The van der Waals surface area contributed by atoms with Crippen molar-refractivity contribution in [3.8, 4) is 0 Å². The molecule has 25 heavy (non-hydrogen) atoms. The predicted molar refractivity (Wildman–Crippen MR) is 94.3 cm³/mol. The highest BCUT2D eigenvalue weighted by Gasteiger charge is 2.30. The molecule has 3 aliphatic rings. The molecule has 0 unspecified atom stereocenters. The van der Waals surface area contributed by atoms with E-state index < -0.39 is 0 Å². The van der Waals surface area contributed by atoms with Crippen molar-refractivity contribution in [3.63, 3.8) is 0 Å². The number of carbonyl (C=O) groups excluding carboxylic acids is 1. The molecule has 136 valence electrons. The molecular formula is C18H27N5O2. The highest BCUT2D eigenvalue weighted by atomic mass is 16.5. The van der Waals surface area contributed by atoms with Crippen molar-refractivity contribution in [2.24, 2.45) is 0 Å². The molecule has 1 aromatic heterocycles. The second kappa shape index (κ2) is 7.66. The van der Waals surface area contributed by atoms with Gasteiger partial charge in [-0.2, -0.15) is 0 Å². The summed E-state index contributed by atoms with van der Waals surface area (Å²) in [6.45, 7) is 7.16. The molecule has 0 atom stereocenters. The first-order valence-corrected chi connectivity index (χ1v) is 9.45. The third kappa shape index (κ3) is 3.93. The largest absolute Gasteiger partial charge is 0.378 e. The molecule has 7 heteroatoms. The van der Waals surface area contributed by atoms with Crippen LogP contribution in [0.2, 0.25) is 0 Å². The van der Waals surface area contributed by atoms with Crippen LogP contribution in [0.3, 0.4) is 0 Å². The molecule has 1 amide bonds. The van der Waals surface area contributed by atoms with Crippen LogP contribution < -0.4 is 4.90 Å². The second-order valence-electron chi connectivity index (χ2n) is 7.19. The lowest BCUT2D eigenvalue weighted by Gasteiger charge is -2.36. The van der Waals surface area contributed by atoms with Gasteiger partial charge in [0.2, 0.25) is 11.9 Å². The number of aromatic nitrogens is 2.